The first-order chi connectivity index (χ1) is 12.6. The van der Waals surface area contributed by atoms with Gasteiger partial charge in [-0.2, -0.15) is 0 Å². The number of ether oxygens (including phenoxy) is 1. The van der Waals surface area contributed by atoms with Crippen LogP contribution in [0.3, 0.4) is 0 Å². The lowest BCUT2D eigenvalue weighted by atomic mass is 10.2. The van der Waals surface area contributed by atoms with Crippen LogP contribution in [0.15, 0.2) is 59.0 Å². The standard InChI is InChI=1S/C20H19FN2O3/c1-14-18(23-20(26-14)16-9-5-6-10-17(16)21)11-12-22-19(24)13-25-15-7-3-2-4-8-15/h2-10H,11-13H2,1H3,(H,22,24). The number of hydrogen-bond donors (Lipinski definition) is 1. The summed E-state index contributed by atoms with van der Waals surface area (Å²) in [6.07, 6.45) is 0.487. The summed E-state index contributed by atoms with van der Waals surface area (Å²) >= 11 is 0. The topological polar surface area (TPSA) is 64.4 Å². The Hall–Kier alpha value is -3.15. The Morgan fingerprint density at radius 2 is 1.88 bits per heavy atom. The fraction of sp³-hybridized carbons (Fsp3) is 0.200. The largest absolute Gasteiger partial charge is 0.484 e. The molecule has 3 aromatic rings. The van der Waals surface area contributed by atoms with Gasteiger partial charge in [0, 0.05) is 13.0 Å². The summed E-state index contributed by atoms with van der Waals surface area (Å²) in [5.41, 5.74) is 1.01. The molecule has 2 aromatic carbocycles. The maximum absolute atomic E-state index is 13.8. The van der Waals surface area contributed by atoms with E-state index < -0.39 is 0 Å². The Morgan fingerprint density at radius 3 is 2.65 bits per heavy atom. The monoisotopic (exact) mass is 354 g/mol. The zero-order valence-corrected chi connectivity index (χ0v) is 14.4. The summed E-state index contributed by atoms with van der Waals surface area (Å²) in [7, 11) is 0. The van der Waals surface area contributed by atoms with Gasteiger partial charge >= 0.3 is 0 Å². The minimum Gasteiger partial charge on any atom is -0.484 e. The molecule has 0 aliphatic carbocycles. The van der Waals surface area contributed by atoms with Gasteiger partial charge in [0.05, 0.1) is 11.3 Å². The average Bonchev–Trinajstić information content (AvgIpc) is 3.02. The van der Waals surface area contributed by atoms with E-state index >= 15 is 0 Å². The number of para-hydroxylation sites is 1. The normalized spacial score (nSPS) is 10.5. The van der Waals surface area contributed by atoms with Crippen molar-refractivity contribution in [3.8, 4) is 17.2 Å². The van der Waals surface area contributed by atoms with Gasteiger partial charge in [-0.15, -0.1) is 0 Å². The highest BCUT2D eigenvalue weighted by Gasteiger charge is 2.14. The number of benzene rings is 2. The van der Waals surface area contributed by atoms with Gasteiger partial charge in [-0.25, -0.2) is 9.37 Å². The van der Waals surface area contributed by atoms with Crippen molar-refractivity contribution in [2.75, 3.05) is 13.2 Å². The molecule has 5 nitrogen and oxygen atoms in total. The summed E-state index contributed by atoms with van der Waals surface area (Å²) in [5, 5.41) is 2.77. The van der Waals surface area contributed by atoms with Crippen molar-refractivity contribution in [3.05, 3.63) is 71.9 Å². The number of aryl methyl sites for hydroxylation is 1. The zero-order valence-electron chi connectivity index (χ0n) is 14.4. The molecule has 1 heterocycles. The Bertz CT molecular complexity index is 878. The third-order valence-electron chi connectivity index (χ3n) is 3.79. The number of nitrogens with one attached hydrogen (secondary N) is 1. The van der Waals surface area contributed by atoms with E-state index in [-0.39, 0.29) is 24.2 Å². The maximum atomic E-state index is 13.8. The van der Waals surface area contributed by atoms with Crippen molar-refractivity contribution in [2.45, 2.75) is 13.3 Å². The lowest BCUT2D eigenvalue weighted by Gasteiger charge is -2.06. The number of nitrogens with zero attached hydrogens (tertiary/aromatic N) is 1. The molecule has 3 rings (SSSR count). The highest BCUT2D eigenvalue weighted by Crippen LogP contribution is 2.24. The third-order valence-corrected chi connectivity index (χ3v) is 3.79. The molecule has 0 atom stereocenters. The van der Waals surface area contributed by atoms with Gasteiger partial charge in [0.1, 0.15) is 17.3 Å². The van der Waals surface area contributed by atoms with E-state index in [9.17, 15) is 9.18 Å². The predicted octanol–water partition coefficient (Wildman–Crippen LogP) is 3.53. The Labute approximate surface area is 150 Å². The molecule has 6 heteroatoms. The van der Waals surface area contributed by atoms with E-state index in [0.717, 1.165) is 0 Å². The van der Waals surface area contributed by atoms with Gasteiger partial charge in [0.15, 0.2) is 6.61 Å². The Balaban J connectivity index is 1.51. The molecule has 1 aromatic heterocycles. The number of carbonyl (C=O) groups excluding carboxylic acids is 1. The SMILES string of the molecule is Cc1oc(-c2ccccc2F)nc1CCNC(=O)COc1ccccc1. The molecule has 0 spiro atoms. The Kier molecular flexibility index (Phi) is 5.63. The van der Waals surface area contributed by atoms with Crippen molar-refractivity contribution in [1.82, 2.24) is 10.3 Å². The summed E-state index contributed by atoms with van der Waals surface area (Å²) in [4.78, 5) is 16.2. The van der Waals surface area contributed by atoms with Crippen LogP contribution in [0.5, 0.6) is 5.75 Å². The van der Waals surface area contributed by atoms with Crippen LogP contribution in [0.2, 0.25) is 0 Å². The van der Waals surface area contributed by atoms with E-state index in [1.165, 1.54) is 6.07 Å². The lowest BCUT2D eigenvalue weighted by molar-refractivity contribution is -0.123. The number of halogens is 1. The first-order valence-corrected chi connectivity index (χ1v) is 8.29. The van der Waals surface area contributed by atoms with Crippen LogP contribution in [-0.2, 0) is 11.2 Å². The lowest BCUT2D eigenvalue weighted by Crippen LogP contribution is -2.30. The van der Waals surface area contributed by atoms with Gasteiger partial charge in [-0.1, -0.05) is 30.3 Å². The van der Waals surface area contributed by atoms with Crippen molar-refractivity contribution in [1.29, 1.82) is 0 Å². The van der Waals surface area contributed by atoms with E-state index in [2.05, 4.69) is 10.3 Å². The van der Waals surface area contributed by atoms with Crippen LogP contribution in [0.4, 0.5) is 4.39 Å². The van der Waals surface area contributed by atoms with E-state index in [1.807, 2.05) is 18.2 Å². The molecule has 134 valence electrons. The maximum Gasteiger partial charge on any atom is 0.257 e. The average molecular weight is 354 g/mol. The van der Waals surface area contributed by atoms with Gasteiger partial charge < -0.3 is 14.5 Å². The third kappa shape index (κ3) is 4.47. The number of aromatic nitrogens is 1. The summed E-state index contributed by atoms with van der Waals surface area (Å²) in [5.74, 6) is 0.896. The van der Waals surface area contributed by atoms with E-state index in [1.54, 1.807) is 37.3 Å². The van der Waals surface area contributed by atoms with E-state index in [4.69, 9.17) is 9.15 Å². The van der Waals surface area contributed by atoms with Crippen molar-refractivity contribution in [2.24, 2.45) is 0 Å². The molecule has 0 saturated carbocycles. The van der Waals surface area contributed by atoms with Crippen molar-refractivity contribution in [3.63, 3.8) is 0 Å². The van der Waals surface area contributed by atoms with Crippen molar-refractivity contribution < 1.29 is 18.3 Å². The molecular weight excluding hydrogens is 335 g/mol. The first-order valence-electron chi connectivity index (χ1n) is 8.29. The van der Waals surface area contributed by atoms with Gasteiger partial charge in [0.25, 0.3) is 5.91 Å². The summed E-state index contributed by atoms with van der Waals surface area (Å²) < 4.78 is 24.8. The smallest absolute Gasteiger partial charge is 0.257 e. The molecule has 1 amide bonds. The number of carbonyl (C=O) groups is 1. The molecule has 0 aliphatic heterocycles. The molecule has 0 fully saturated rings. The number of rotatable bonds is 7. The molecule has 0 unspecified atom stereocenters. The van der Waals surface area contributed by atoms with Crippen molar-refractivity contribution >= 4 is 5.91 Å². The molecule has 0 aliphatic rings. The number of amides is 1. The fourth-order valence-corrected chi connectivity index (χ4v) is 2.45. The predicted molar refractivity (Wildman–Crippen MR) is 95.3 cm³/mol. The summed E-state index contributed by atoms with van der Waals surface area (Å²) in [6, 6.07) is 15.5. The zero-order chi connectivity index (χ0) is 18.4. The van der Waals surface area contributed by atoms with E-state index in [0.29, 0.717) is 35.7 Å². The second-order valence-corrected chi connectivity index (χ2v) is 5.70. The van der Waals surface area contributed by atoms with Gasteiger partial charge in [-0.3, -0.25) is 4.79 Å². The molecular formula is C20H19FN2O3. The minimum atomic E-state index is -0.383. The number of hydrogen-bond acceptors (Lipinski definition) is 4. The van der Waals surface area contributed by atoms with Gasteiger partial charge in [0.2, 0.25) is 5.89 Å². The van der Waals surface area contributed by atoms with Crippen LogP contribution in [0.1, 0.15) is 11.5 Å². The van der Waals surface area contributed by atoms with Crippen LogP contribution < -0.4 is 10.1 Å². The van der Waals surface area contributed by atoms with Crippen LogP contribution >= 0.6 is 0 Å². The number of oxazole rings is 1. The van der Waals surface area contributed by atoms with Crippen LogP contribution in [0.25, 0.3) is 11.5 Å². The minimum absolute atomic E-state index is 0.0533. The highest BCUT2D eigenvalue weighted by molar-refractivity contribution is 5.77. The molecule has 0 saturated heterocycles. The Morgan fingerprint density at radius 1 is 1.15 bits per heavy atom. The second-order valence-electron chi connectivity index (χ2n) is 5.70. The second kappa shape index (κ2) is 8.29. The first kappa shape index (κ1) is 17.7. The quantitative estimate of drug-likeness (QED) is 0.705. The van der Waals surface area contributed by atoms with Crippen LogP contribution in [-0.4, -0.2) is 24.0 Å². The molecule has 0 bridgehead atoms. The van der Waals surface area contributed by atoms with Gasteiger partial charge in [-0.05, 0) is 31.2 Å². The molecule has 26 heavy (non-hydrogen) atoms. The summed E-state index contributed by atoms with van der Waals surface area (Å²) in [6.45, 7) is 2.11. The fourth-order valence-electron chi connectivity index (χ4n) is 2.45. The highest BCUT2D eigenvalue weighted by atomic mass is 19.1. The molecule has 1 N–H and O–H groups in total. The van der Waals surface area contributed by atoms with Crippen LogP contribution in [0, 0.1) is 12.7 Å². The molecule has 0 radical (unpaired) electrons.